The Labute approximate surface area is 86.5 Å². The number of hydrogen-bond acceptors (Lipinski definition) is 4. The van der Waals surface area contributed by atoms with Gasteiger partial charge in [0.25, 0.3) is 0 Å². The molecule has 3 rings (SSSR count). The minimum absolute atomic E-state index is 0.320. The van der Waals surface area contributed by atoms with Crippen LogP contribution in [0.2, 0.25) is 0 Å². The fourth-order valence-corrected chi connectivity index (χ4v) is 3.38. The van der Waals surface area contributed by atoms with Crippen molar-refractivity contribution in [1.82, 2.24) is 9.97 Å². The number of aromatic nitrogens is 2. The van der Waals surface area contributed by atoms with Gasteiger partial charge >= 0.3 is 0 Å². The Balaban J connectivity index is 2.53. The van der Waals surface area contributed by atoms with E-state index >= 15 is 0 Å². The van der Waals surface area contributed by atoms with Crippen LogP contribution in [0.3, 0.4) is 0 Å². The van der Waals surface area contributed by atoms with E-state index in [2.05, 4.69) is 9.97 Å². The summed E-state index contributed by atoms with van der Waals surface area (Å²) in [5.41, 5.74) is 1.28. The van der Waals surface area contributed by atoms with Crippen molar-refractivity contribution in [2.24, 2.45) is 0 Å². The van der Waals surface area contributed by atoms with Crippen LogP contribution < -0.4 is 0 Å². The van der Waals surface area contributed by atoms with Gasteiger partial charge < -0.3 is 0 Å². The molecule has 0 amide bonds. The monoisotopic (exact) mass is 218 g/mol. The molecular weight excluding hydrogens is 212 g/mol. The molecule has 0 aliphatic carbocycles. The highest BCUT2D eigenvalue weighted by molar-refractivity contribution is 7.92. The summed E-state index contributed by atoms with van der Waals surface area (Å²) in [6, 6.07) is 3.04. The Morgan fingerprint density at radius 2 is 1.33 bits per heavy atom. The Bertz CT molecular complexity index is 598. The minimum Gasteiger partial charge on any atom is -0.264 e. The second-order valence-corrected chi connectivity index (χ2v) is 5.13. The molecule has 0 atom stereocenters. The first-order valence-corrected chi connectivity index (χ1v) is 5.83. The number of nitrogens with zero attached hydrogens (tertiary/aromatic N) is 2. The van der Waals surface area contributed by atoms with Crippen LogP contribution >= 0.6 is 0 Å². The van der Waals surface area contributed by atoms with Gasteiger partial charge in [-0.05, 0) is 12.1 Å². The van der Waals surface area contributed by atoms with Gasteiger partial charge in [-0.15, -0.1) is 0 Å². The molecule has 4 nitrogen and oxygen atoms in total. The van der Waals surface area contributed by atoms with Gasteiger partial charge in [-0.2, -0.15) is 0 Å². The fourth-order valence-electron chi connectivity index (χ4n) is 1.76. The van der Waals surface area contributed by atoms with Crippen molar-refractivity contribution in [3.63, 3.8) is 0 Å². The number of rotatable bonds is 0. The highest BCUT2D eigenvalue weighted by Crippen LogP contribution is 2.41. The largest absolute Gasteiger partial charge is 0.264 e. The Hall–Kier alpha value is -1.75. The summed E-state index contributed by atoms with van der Waals surface area (Å²) in [7, 11) is -3.34. The number of pyridine rings is 2. The lowest BCUT2D eigenvalue weighted by Gasteiger charge is -1.95. The van der Waals surface area contributed by atoms with Gasteiger partial charge in [-0.1, -0.05) is 0 Å². The van der Waals surface area contributed by atoms with E-state index < -0.39 is 9.84 Å². The summed E-state index contributed by atoms with van der Waals surface area (Å²) in [5.74, 6) is 0. The van der Waals surface area contributed by atoms with E-state index in [1.165, 1.54) is 24.5 Å². The maximum atomic E-state index is 12.0. The van der Waals surface area contributed by atoms with Crippen molar-refractivity contribution in [1.29, 1.82) is 0 Å². The number of fused-ring (bicyclic) bond motifs is 3. The lowest BCUT2D eigenvalue weighted by molar-refractivity contribution is 0.598. The Kier molecular flexibility index (Phi) is 1.50. The molecule has 0 spiro atoms. The van der Waals surface area contributed by atoms with Gasteiger partial charge in [0.05, 0.1) is 9.79 Å². The summed E-state index contributed by atoms with van der Waals surface area (Å²) < 4.78 is 24.0. The summed E-state index contributed by atoms with van der Waals surface area (Å²) in [4.78, 5) is 8.50. The molecule has 74 valence electrons. The van der Waals surface area contributed by atoms with E-state index in [1.54, 1.807) is 12.4 Å². The van der Waals surface area contributed by atoms with Crippen molar-refractivity contribution < 1.29 is 8.42 Å². The second-order valence-electron chi connectivity index (χ2n) is 3.25. The van der Waals surface area contributed by atoms with Gasteiger partial charge in [0, 0.05) is 35.9 Å². The van der Waals surface area contributed by atoms with E-state index in [1.807, 2.05) is 0 Å². The highest BCUT2D eigenvalue weighted by Gasteiger charge is 2.32. The normalized spacial score (nSPS) is 15.7. The molecule has 15 heavy (non-hydrogen) atoms. The smallest absolute Gasteiger partial charge is 0.208 e. The molecule has 0 saturated heterocycles. The van der Waals surface area contributed by atoms with Crippen LogP contribution in [0.1, 0.15) is 0 Å². The fraction of sp³-hybridized carbons (Fsp3) is 0. The summed E-state index contributed by atoms with van der Waals surface area (Å²) in [6.45, 7) is 0. The van der Waals surface area contributed by atoms with Gasteiger partial charge in [-0.25, -0.2) is 8.42 Å². The summed E-state index contributed by atoms with van der Waals surface area (Å²) in [6.07, 6.45) is 6.08. The van der Waals surface area contributed by atoms with Crippen molar-refractivity contribution in [3.05, 3.63) is 36.9 Å². The molecule has 2 aromatic rings. The molecule has 0 N–H and O–H groups in total. The first-order chi connectivity index (χ1) is 7.21. The molecule has 1 aliphatic heterocycles. The molecule has 0 aromatic carbocycles. The van der Waals surface area contributed by atoms with Crippen LogP contribution in [-0.4, -0.2) is 18.4 Å². The van der Waals surface area contributed by atoms with Crippen LogP contribution in [0.4, 0.5) is 0 Å². The number of sulfone groups is 1. The maximum Gasteiger partial charge on any atom is 0.208 e. The third-order valence-corrected chi connectivity index (χ3v) is 4.30. The zero-order chi connectivity index (χ0) is 10.5. The van der Waals surface area contributed by atoms with Crippen LogP contribution in [0.25, 0.3) is 11.1 Å². The molecule has 1 aliphatic rings. The molecule has 0 saturated carbocycles. The quantitative estimate of drug-likeness (QED) is 0.570. The van der Waals surface area contributed by atoms with E-state index in [0.29, 0.717) is 20.9 Å². The molecule has 0 fully saturated rings. The summed E-state index contributed by atoms with van der Waals surface area (Å²) in [5, 5.41) is 0. The third-order valence-electron chi connectivity index (χ3n) is 2.43. The maximum absolute atomic E-state index is 12.0. The lowest BCUT2D eigenvalue weighted by Crippen LogP contribution is -1.96. The molecule has 2 aromatic heterocycles. The SMILES string of the molecule is O=S1(=O)c2ccncc2-c2cnccc21. The lowest BCUT2D eigenvalue weighted by atomic mass is 10.1. The molecule has 0 bridgehead atoms. The molecular formula is C10H6N2O2S. The summed E-state index contributed by atoms with van der Waals surface area (Å²) >= 11 is 0. The van der Waals surface area contributed by atoms with Crippen LogP contribution in [-0.2, 0) is 9.84 Å². The first kappa shape index (κ1) is 8.55. The van der Waals surface area contributed by atoms with E-state index in [4.69, 9.17) is 0 Å². The molecule has 3 heterocycles. The minimum atomic E-state index is -3.34. The van der Waals surface area contributed by atoms with Crippen LogP contribution in [0.15, 0.2) is 46.7 Å². The average Bonchev–Trinajstić information content (AvgIpc) is 2.51. The topological polar surface area (TPSA) is 59.9 Å². The standard InChI is InChI=1S/C10H6N2O2S/c13-15(14)9-1-3-11-5-7(9)8-6-12-4-2-10(8)15/h1-6H. The zero-order valence-electron chi connectivity index (χ0n) is 7.58. The van der Waals surface area contributed by atoms with E-state index in [-0.39, 0.29) is 0 Å². The number of hydrogen-bond donors (Lipinski definition) is 0. The van der Waals surface area contributed by atoms with Crippen molar-refractivity contribution in [3.8, 4) is 11.1 Å². The highest BCUT2D eigenvalue weighted by atomic mass is 32.2. The van der Waals surface area contributed by atoms with Gasteiger partial charge in [0.15, 0.2) is 0 Å². The van der Waals surface area contributed by atoms with Gasteiger partial charge in [0.1, 0.15) is 0 Å². The van der Waals surface area contributed by atoms with Crippen molar-refractivity contribution in [2.45, 2.75) is 9.79 Å². The van der Waals surface area contributed by atoms with Gasteiger partial charge in [-0.3, -0.25) is 9.97 Å². The van der Waals surface area contributed by atoms with E-state index in [0.717, 1.165) is 0 Å². The van der Waals surface area contributed by atoms with Crippen molar-refractivity contribution >= 4 is 9.84 Å². The molecule has 0 radical (unpaired) electrons. The Morgan fingerprint density at radius 1 is 0.867 bits per heavy atom. The van der Waals surface area contributed by atoms with Crippen LogP contribution in [0.5, 0.6) is 0 Å². The third kappa shape index (κ3) is 0.979. The van der Waals surface area contributed by atoms with Crippen molar-refractivity contribution in [2.75, 3.05) is 0 Å². The first-order valence-electron chi connectivity index (χ1n) is 4.35. The Morgan fingerprint density at radius 3 is 1.80 bits per heavy atom. The van der Waals surface area contributed by atoms with E-state index in [9.17, 15) is 8.42 Å². The van der Waals surface area contributed by atoms with Crippen LogP contribution in [0, 0.1) is 0 Å². The molecule has 0 unspecified atom stereocenters. The zero-order valence-corrected chi connectivity index (χ0v) is 8.40. The predicted molar refractivity (Wildman–Crippen MR) is 52.9 cm³/mol. The molecule has 5 heteroatoms. The predicted octanol–water partition coefficient (Wildman–Crippen LogP) is 1.29. The average molecular weight is 218 g/mol. The van der Waals surface area contributed by atoms with Gasteiger partial charge in [0.2, 0.25) is 9.84 Å². The second kappa shape index (κ2) is 2.64.